The van der Waals surface area contributed by atoms with Crippen molar-refractivity contribution >= 4 is 41.4 Å². The number of benzene rings is 1. The zero-order chi connectivity index (χ0) is 22.3. The van der Waals surface area contributed by atoms with Gasteiger partial charge in [-0.3, -0.25) is 4.90 Å². The van der Waals surface area contributed by atoms with Crippen LogP contribution in [0, 0.1) is 5.82 Å². The highest BCUT2D eigenvalue weighted by Crippen LogP contribution is 2.20. The van der Waals surface area contributed by atoms with Gasteiger partial charge in [0.2, 0.25) is 0 Å². The Bertz CT molecular complexity index is 900. The van der Waals surface area contributed by atoms with Crippen molar-refractivity contribution in [1.82, 2.24) is 15.2 Å². The molecule has 2 aromatic rings. The van der Waals surface area contributed by atoms with Crippen LogP contribution in [0.2, 0.25) is 0 Å². The summed E-state index contributed by atoms with van der Waals surface area (Å²) in [7, 11) is 0. The Morgan fingerprint density at radius 3 is 2.58 bits per heavy atom. The molecule has 1 unspecified atom stereocenters. The van der Waals surface area contributed by atoms with Crippen molar-refractivity contribution in [2.24, 2.45) is 10.7 Å². The highest BCUT2D eigenvalue weighted by Gasteiger charge is 2.22. The molecule has 7 nitrogen and oxygen atoms in total. The quantitative estimate of drug-likeness (QED) is 0.305. The highest BCUT2D eigenvalue weighted by molar-refractivity contribution is 14.0. The largest absolute Gasteiger partial charge is 0.370 e. The summed E-state index contributed by atoms with van der Waals surface area (Å²) in [4.78, 5) is 16.1. The summed E-state index contributed by atoms with van der Waals surface area (Å²) < 4.78 is 13.2. The van der Waals surface area contributed by atoms with E-state index in [9.17, 15) is 4.39 Å². The van der Waals surface area contributed by atoms with Crippen LogP contribution in [-0.4, -0.2) is 67.7 Å². The first-order valence-corrected chi connectivity index (χ1v) is 11.6. The number of rotatable bonds is 7. The molecule has 33 heavy (non-hydrogen) atoms. The van der Waals surface area contributed by atoms with Crippen LogP contribution in [0.25, 0.3) is 0 Å². The van der Waals surface area contributed by atoms with Crippen molar-refractivity contribution in [2.45, 2.75) is 32.4 Å². The van der Waals surface area contributed by atoms with Gasteiger partial charge in [-0.1, -0.05) is 6.92 Å². The van der Waals surface area contributed by atoms with E-state index >= 15 is 0 Å². The molecule has 1 aromatic carbocycles. The van der Waals surface area contributed by atoms with E-state index < -0.39 is 0 Å². The molecule has 0 saturated carbocycles. The molecule has 0 bridgehead atoms. The van der Waals surface area contributed by atoms with E-state index in [1.54, 1.807) is 0 Å². The molecule has 180 valence electrons. The summed E-state index contributed by atoms with van der Waals surface area (Å²) in [6.07, 6.45) is 4.32. The van der Waals surface area contributed by atoms with Gasteiger partial charge in [-0.15, -0.1) is 24.0 Å². The van der Waals surface area contributed by atoms with Crippen LogP contribution in [0.15, 0.2) is 47.6 Å². The second kappa shape index (κ2) is 12.4. The predicted octanol–water partition coefficient (Wildman–Crippen LogP) is 3.05. The van der Waals surface area contributed by atoms with Crippen LogP contribution >= 0.6 is 24.0 Å². The molecule has 4 rings (SSSR count). The number of hydrogen-bond acceptors (Lipinski definition) is 5. The fourth-order valence-corrected chi connectivity index (χ4v) is 4.57. The fourth-order valence-electron chi connectivity index (χ4n) is 4.57. The number of aliphatic imine (C=N–C) groups is 1. The second-order valence-corrected chi connectivity index (χ2v) is 8.48. The van der Waals surface area contributed by atoms with E-state index in [1.807, 2.05) is 24.4 Å². The third-order valence-electron chi connectivity index (χ3n) is 6.46. The van der Waals surface area contributed by atoms with E-state index in [2.05, 4.69) is 43.0 Å². The zero-order valence-corrected chi connectivity index (χ0v) is 21.6. The molecule has 3 N–H and O–H groups in total. The van der Waals surface area contributed by atoms with E-state index in [-0.39, 0.29) is 29.8 Å². The molecule has 9 heteroatoms. The van der Waals surface area contributed by atoms with Crippen LogP contribution in [0.5, 0.6) is 0 Å². The highest BCUT2D eigenvalue weighted by atomic mass is 127. The monoisotopic (exact) mass is 567 g/mol. The summed E-state index contributed by atoms with van der Waals surface area (Å²) in [5.74, 6) is 1.26. The molecule has 0 radical (unpaired) electrons. The zero-order valence-electron chi connectivity index (χ0n) is 19.3. The van der Waals surface area contributed by atoms with Gasteiger partial charge < -0.3 is 20.9 Å². The number of halogens is 2. The van der Waals surface area contributed by atoms with Gasteiger partial charge in [0.1, 0.15) is 11.6 Å². The van der Waals surface area contributed by atoms with Crippen molar-refractivity contribution < 1.29 is 4.39 Å². The molecule has 3 heterocycles. The van der Waals surface area contributed by atoms with Crippen LogP contribution in [0.1, 0.15) is 25.3 Å². The molecule has 0 aliphatic carbocycles. The number of pyridine rings is 1. The molecule has 2 aliphatic rings. The first-order chi connectivity index (χ1) is 15.6. The Morgan fingerprint density at radius 1 is 1.12 bits per heavy atom. The van der Waals surface area contributed by atoms with Crippen LogP contribution < -0.4 is 20.9 Å². The normalized spacial score (nSPS) is 19.5. The fraction of sp³-hybridized carbons (Fsp3) is 0.500. The number of likely N-dealkylation sites (N-methyl/N-ethyl adjacent to an activating group) is 1. The average Bonchev–Trinajstić information content (AvgIpc) is 3.30. The van der Waals surface area contributed by atoms with Crippen LogP contribution in [-0.2, 0) is 6.54 Å². The third-order valence-corrected chi connectivity index (χ3v) is 6.46. The smallest absolute Gasteiger partial charge is 0.188 e. The molecule has 0 amide bonds. The average molecular weight is 567 g/mol. The number of piperazine rings is 1. The minimum atomic E-state index is -0.201. The lowest BCUT2D eigenvalue weighted by Gasteiger charge is -2.36. The topological polar surface area (TPSA) is 73.0 Å². The number of anilines is 2. The second-order valence-electron chi connectivity index (χ2n) is 8.48. The molecule has 2 aliphatic heterocycles. The standard InChI is InChI=1S/C24H34FN7.HI/c1-2-30-11-3-4-22(30)18-29-24(26)28-17-19-9-10-27-23(16-19)32-14-12-31(13-15-32)21-7-5-20(25)6-8-21;/h5-10,16,22H,2-4,11-15,17-18H2,1H3,(H3,26,28,29);1H. The summed E-state index contributed by atoms with van der Waals surface area (Å²) in [5.41, 5.74) is 8.27. The first-order valence-electron chi connectivity index (χ1n) is 11.6. The molecular formula is C24H35FIN7. The van der Waals surface area contributed by atoms with E-state index in [4.69, 9.17) is 5.73 Å². The molecule has 2 saturated heterocycles. The Hall–Kier alpha value is -2.14. The lowest BCUT2D eigenvalue weighted by molar-refractivity contribution is 0.267. The van der Waals surface area contributed by atoms with Crippen molar-refractivity contribution in [3.05, 3.63) is 54.0 Å². The van der Waals surface area contributed by atoms with Crippen LogP contribution in [0.4, 0.5) is 15.9 Å². The van der Waals surface area contributed by atoms with Crippen molar-refractivity contribution in [1.29, 1.82) is 0 Å². The molecular weight excluding hydrogens is 532 g/mol. The van der Waals surface area contributed by atoms with Crippen LogP contribution in [0.3, 0.4) is 0 Å². The lowest BCUT2D eigenvalue weighted by Crippen LogP contribution is -2.46. The van der Waals surface area contributed by atoms with Gasteiger partial charge in [0.15, 0.2) is 5.96 Å². The number of aromatic nitrogens is 1. The maximum atomic E-state index is 13.2. The summed E-state index contributed by atoms with van der Waals surface area (Å²) in [5, 5.41) is 3.29. The maximum Gasteiger partial charge on any atom is 0.188 e. The minimum Gasteiger partial charge on any atom is -0.370 e. The first kappa shape index (κ1) is 25.5. The number of nitrogens with one attached hydrogen (secondary N) is 1. The summed E-state index contributed by atoms with van der Waals surface area (Å²) in [6.45, 7) is 9.35. The summed E-state index contributed by atoms with van der Waals surface area (Å²) >= 11 is 0. The van der Waals surface area contributed by atoms with Gasteiger partial charge >= 0.3 is 0 Å². The SMILES string of the molecule is CCN1CCCC1CNC(N)=NCc1ccnc(N2CCN(c3ccc(F)cc3)CC2)c1.I. The van der Waals surface area contributed by atoms with Crippen molar-refractivity contribution in [2.75, 3.05) is 55.6 Å². The molecule has 2 fully saturated rings. The van der Waals surface area contributed by atoms with E-state index in [0.717, 1.165) is 56.3 Å². The lowest BCUT2D eigenvalue weighted by atomic mass is 10.2. The molecule has 0 spiro atoms. The minimum absolute atomic E-state index is 0. The van der Waals surface area contributed by atoms with Gasteiger partial charge in [-0.25, -0.2) is 14.4 Å². The Labute approximate surface area is 213 Å². The van der Waals surface area contributed by atoms with Gasteiger partial charge in [-0.2, -0.15) is 0 Å². The predicted molar refractivity (Wildman–Crippen MR) is 144 cm³/mol. The van der Waals surface area contributed by atoms with Crippen molar-refractivity contribution in [3.8, 4) is 0 Å². The summed E-state index contributed by atoms with van der Waals surface area (Å²) in [6, 6.07) is 11.3. The van der Waals surface area contributed by atoms with E-state index in [0.29, 0.717) is 18.5 Å². The Balaban J connectivity index is 0.00000306. The number of hydrogen-bond donors (Lipinski definition) is 2. The Kier molecular flexibility index (Phi) is 9.54. The number of likely N-dealkylation sites (tertiary alicyclic amines) is 1. The Morgan fingerprint density at radius 2 is 1.85 bits per heavy atom. The maximum absolute atomic E-state index is 13.2. The van der Waals surface area contributed by atoms with Gasteiger partial charge in [0.25, 0.3) is 0 Å². The van der Waals surface area contributed by atoms with Gasteiger partial charge in [0.05, 0.1) is 6.54 Å². The molecule has 1 atom stereocenters. The van der Waals surface area contributed by atoms with Crippen molar-refractivity contribution in [3.63, 3.8) is 0 Å². The number of nitrogens with two attached hydrogens (primary N) is 1. The van der Waals surface area contributed by atoms with Gasteiger partial charge in [0, 0.05) is 50.6 Å². The third kappa shape index (κ3) is 6.92. The van der Waals surface area contributed by atoms with Gasteiger partial charge in [-0.05, 0) is 67.9 Å². The number of guanidine groups is 1. The van der Waals surface area contributed by atoms with E-state index in [1.165, 1.54) is 31.5 Å². The number of nitrogens with zero attached hydrogens (tertiary/aromatic N) is 5. The molecule has 1 aromatic heterocycles.